The van der Waals surface area contributed by atoms with E-state index < -0.39 is 0 Å². The van der Waals surface area contributed by atoms with Gasteiger partial charge in [0.2, 0.25) is 0 Å². The van der Waals surface area contributed by atoms with Crippen molar-refractivity contribution in [3.63, 3.8) is 0 Å². The van der Waals surface area contributed by atoms with Crippen molar-refractivity contribution in [3.05, 3.63) is 23.3 Å². The van der Waals surface area contributed by atoms with Gasteiger partial charge in [-0.1, -0.05) is 0 Å². The molecule has 2 rings (SSSR count). The van der Waals surface area contributed by atoms with Crippen molar-refractivity contribution in [2.75, 3.05) is 7.11 Å². The van der Waals surface area contributed by atoms with Crippen molar-refractivity contribution < 1.29 is 4.74 Å². The molecule has 0 bridgehead atoms. The summed E-state index contributed by atoms with van der Waals surface area (Å²) in [6.07, 6.45) is 0. The number of hydrogen-bond donors (Lipinski definition) is 1. The SMILES string of the molecule is COCc1cc2[nH]c(C)nc2c(C)n1. The molecule has 0 amide bonds. The number of nitrogens with zero attached hydrogens (tertiary/aromatic N) is 2. The van der Waals surface area contributed by atoms with Crippen LogP contribution in [-0.2, 0) is 11.3 Å². The van der Waals surface area contributed by atoms with Crippen LogP contribution in [-0.4, -0.2) is 22.1 Å². The number of aromatic amines is 1. The molecule has 1 N–H and O–H groups in total. The Hall–Kier alpha value is -1.42. The zero-order valence-electron chi connectivity index (χ0n) is 8.59. The molecule has 0 saturated heterocycles. The third-order valence-corrected chi connectivity index (χ3v) is 2.11. The van der Waals surface area contributed by atoms with Crippen LogP contribution in [0.25, 0.3) is 11.0 Å². The average Bonchev–Trinajstić information content (AvgIpc) is 2.47. The first-order valence-corrected chi connectivity index (χ1v) is 4.52. The fourth-order valence-electron chi connectivity index (χ4n) is 1.58. The van der Waals surface area contributed by atoms with Crippen molar-refractivity contribution in [3.8, 4) is 0 Å². The highest BCUT2D eigenvalue weighted by atomic mass is 16.5. The summed E-state index contributed by atoms with van der Waals surface area (Å²) in [6.45, 7) is 4.44. The Balaban J connectivity index is 2.59. The molecule has 2 heterocycles. The third-order valence-electron chi connectivity index (χ3n) is 2.11. The molecule has 0 radical (unpaired) electrons. The van der Waals surface area contributed by atoms with E-state index in [2.05, 4.69) is 15.0 Å². The van der Waals surface area contributed by atoms with Gasteiger partial charge in [-0.05, 0) is 19.9 Å². The molecule has 74 valence electrons. The quantitative estimate of drug-likeness (QED) is 0.786. The van der Waals surface area contributed by atoms with Crippen molar-refractivity contribution >= 4 is 11.0 Å². The maximum absolute atomic E-state index is 5.04. The minimum Gasteiger partial charge on any atom is -0.378 e. The van der Waals surface area contributed by atoms with E-state index in [9.17, 15) is 0 Å². The number of nitrogens with one attached hydrogen (secondary N) is 1. The molecular formula is C10H13N3O. The summed E-state index contributed by atoms with van der Waals surface area (Å²) in [5, 5.41) is 0. The molecule has 0 spiro atoms. The summed E-state index contributed by atoms with van der Waals surface area (Å²) in [5.41, 5.74) is 3.85. The second-order valence-corrected chi connectivity index (χ2v) is 3.35. The average molecular weight is 191 g/mol. The second kappa shape index (κ2) is 3.38. The van der Waals surface area contributed by atoms with Gasteiger partial charge < -0.3 is 9.72 Å². The monoisotopic (exact) mass is 191 g/mol. The first-order chi connectivity index (χ1) is 6.70. The van der Waals surface area contributed by atoms with E-state index in [-0.39, 0.29) is 0 Å². The predicted octanol–water partition coefficient (Wildman–Crippen LogP) is 1.72. The third kappa shape index (κ3) is 1.48. The maximum Gasteiger partial charge on any atom is 0.110 e. The van der Waals surface area contributed by atoms with Crippen LogP contribution in [0.4, 0.5) is 0 Å². The molecule has 2 aromatic rings. The van der Waals surface area contributed by atoms with Gasteiger partial charge in [0.15, 0.2) is 0 Å². The van der Waals surface area contributed by atoms with E-state index in [4.69, 9.17) is 4.74 Å². The molecule has 0 aliphatic rings. The number of aromatic nitrogens is 3. The highest BCUT2D eigenvalue weighted by Crippen LogP contribution is 2.15. The van der Waals surface area contributed by atoms with Gasteiger partial charge in [0.25, 0.3) is 0 Å². The summed E-state index contributed by atoms with van der Waals surface area (Å²) in [6, 6.07) is 1.98. The van der Waals surface area contributed by atoms with Gasteiger partial charge in [-0.3, -0.25) is 4.98 Å². The number of methoxy groups -OCH3 is 1. The molecule has 4 nitrogen and oxygen atoms in total. The Morgan fingerprint density at radius 2 is 2.14 bits per heavy atom. The van der Waals surface area contributed by atoms with E-state index in [0.29, 0.717) is 6.61 Å². The fourth-order valence-corrected chi connectivity index (χ4v) is 1.58. The lowest BCUT2D eigenvalue weighted by Gasteiger charge is -2.00. The van der Waals surface area contributed by atoms with E-state index in [1.54, 1.807) is 7.11 Å². The lowest BCUT2D eigenvalue weighted by atomic mass is 10.2. The molecule has 0 unspecified atom stereocenters. The van der Waals surface area contributed by atoms with Gasteiger partial charge in [0, 0.05) is 7.11 Å². The van der Waals surface area contributed by atoms with Crippen LogP contribution in [0.5, 0.6) is 0 Å². The Kier molecular flexibility index (Phi) is 2.21. The summed E-state index contributed by atoms with van der Waals surface area (Å²) >= 11 is 0. The van der Waals surface area contributed by atoms with E-state index in [0.717, 1.165) is 28.2 Å². The normalized spacial score (nSPS) is 11.1. The largest absolute Gasteiger partial charge is 0.378 e. The zero-order chi connectivity index (χ0) is 10.1. The zero-order valence-corrected chi connectivity index (χ0v) is 8.59. The van der Waals surface area contributed by atoms with Crippen LogP contribution < -0.4 is 0 Å². The molecule has 0 saturated carbocycles. The lowest BCUT2D eigenvalue weighted by molar-refractivity contribution is 0.181. The number of imidazole rings is 1. The standard InChI is InChI=1S/C10H13N3O/c1-6-10-9(12-7(2)13-10)4-8(11-6)5-14-3/h4H,5H2,1-3H3,(H,12,13). The van der Waals surface area contributed by atoms with Gasteiger partial charge in [0.1, 0.15) is 11.3 Å². The topological polar surface area (TPSA) is 50.8 Å². The van der Waals surface area contributed by atoms with Gasteiger partial charge in [-0.15, -0.1) is 0 Å². The van der Waals surface area contributed by atoms with Crippen molar-refractivity contribution in [2.24, 2.45) is 0 Å². The summed E-state index contributed by atoms with van der Waals surface area (Å²) < 4.78 is 5.04. The number of aryl methyl sites for hydroxylation is 2. The van der Waals surface area contributed by atoms with E-state index in [1.807, 2.05) is 19.9 Å². The number of hydrogen-bond acceptors (Lipinski definition) is 3. The van der Waals surface area contributed by atoms with Gasteiger partial charge in [-0.2, -0.15) is 0 Å². The van der Waals surface area contributed by atoms with Crippen LogP contribution >= 0.6 is 0 Å². The fraction of sp³-hybridized carbons (Fsp3) is 0.400. The minimum atomic E-state index is 0.537. The number of pyridine rings is 1. The molecule has 0 atom stereocenters. The van der Waals surface area contributed by atoms with E-state index >= 15 is 0 Å². The van der Waals surface area contributed by atoms with Crippen molar-refractivity contribution in [1.29, 1.82) is 0 Å². The van der Waals surface area contributed by atoms with Crippen LogP contribution in [0.2, 0.25) is 0 Å². The molecule has 0 fully saturated rings. The molecule has 0 aliphatic heterocycles. The van der Waals surface area contributed by atoms with Gasteiger partial charge in [-0.25, -0.2) is 4.98 Å². The smallest absolute Gasteiger partial charge is 0.110 e. The van der Waals surface area contributed by atoms with Crippen LogP contribution in [0.3, 0.4) is 0 Å². The van der Waals surface area contributed by atoms with Gasteiger partial charge >= 0.3 is 0 Å². The van der Waals surface area contributed by atoms with Crippen LogP contribution in [0.15, 0.2) is 6.07 Å². The molecule has 2 aromatic heterocycles. The van der Waals surface area contributed by atoms with Crippen LogP contribution in [0, 0.1) is 13.8 Å². The summed E-state index contributed by atoms with van der Waals surface area (Å²) in [7, 11) is 1.67. The molecular weight excluding hydrogens is 178 g/mol. The lowest BCUT2D eigenvalue weighted by Crippen LogP contribution is -1.94. The summed E-state index contributed by atoms with van der Waals surface area (Å²) in [5.74, 6) is 0.916. The van der Waals surface area contributed by atoms with Crippen molar-refractivity contribution in [1.82, 2.24) is 15.0 Å². The Labute approximate surface area is 82.3 Å². The minimum absolute atomic E-state index is 0.537. The highest BCUT2D eigenvalue weighted by Gasteiger charge is 2.05. The number of H-pyrrole nitrogens is 1. The Bertz CT molecular complexity index is 462. The second-order valence-electron chi connectivity index (χ2n) is 3.35. The molecule has 14 heavy (non-hydrogen) atoms. The number of ether oxygens (including phenoxy) is 1. The maximum atomic E-state index is 5.04. The number of fused-ring (bicyclic) bond motifs is 1. The van der Waals surface area contributed by atoms with Gasteiger partial charge in [0.05, 0.1) is 23.5 Å². The Morgan fingerprint density at radius 3 is 2.86 bits per heavy atom. The Morgan fingerprint density at radius 1 is 1.36 bits per heavy atom. The summed E-state index contributed by atoms with van der Waals surface area (Å²) in [4.78, 5) is 11.9. The highest BCUT2D eigenvalue weighted by molar-refractivity contribution is 5.77. The molecule has 0 aromatic carbocycles. The van der Waals surface area contributed by atoms with Crippen LogP contribution in [0.1, 0.15) is 17.2 Å². The predicted molar refractivity (Wildman–Crippen MR) is 54.1 cm³/mol. The first kappa shape index (κ1) is 9.15. The first-order valence-electron chi connectivity index (χ1n) is 4.52. The van der Waals surface area contributed by atoms with E-state index in [1.165, 1.54) is 0 Å². The molecule has 4 heteroatoms. The molecule has 0 aliphatic carbocycles. The van der Waals surface area contributed by atoms with Crippen molar-refractivity contribution in [2.45, 2.75) is 20.5 Å². The number of rotatable bonds is 2.